The van der Waals surface area contributed by atoms with Gasteiger partial charge in [0.25, 0.3) is 0 Å². The number of nitrogens with one attached hydrogen (secondary N) is 1. The number of nitrogens with zero attached hydrogens (tertiary/aromatic N) is 2. The van der Waals surface area contributed by atoms with Gasteiger partial charge in [-0.1, -0.05) is 0 Å². The van der Waals surface area contributed by atoms with Gasteiger partial charge in [0, 0.05) is 20.1 Å². The molecule has 0 atom stereocenters. The summed E-state index contributed by atoms with van der Waals surface area (Å²) in [7, 11) is 3.55. The standard InChI is InChI=1S/C12H23N3O2/c1-9(2)17-7-6-13-8-11-10(3)14-15(4)12(11)16-5/h9,13H,6-8H2,1-5H3. The molecule has 1 N–H and O–H groups in total. The van der Waals surface area contributed by atoms with Crippen LogP contribution >= 0.6 is 0 Å². The Morgan fingerprint density at radius 3 is 2.71 bits per heavy atom. The first-order valence-corrected chi connectivity index (χ1v) is 5.95. The van der Waals surface area contributed by atoms with E-state index < -0.39 is 0 Å². The van der Waals surface area contributed by atoms with Crippen LogP contribution in [-0.4, -0.2) is 36.1 Å². The van der Waals surface area contributed by atoms with Crippen LogP contribution in [0.5, 0.6) is 5.88 Å². The van der Waals surface area contributed by atoms with E-state index in [2.05, 4.69) is 10.4 Å². The van der Waals surface area contributed by atoms with Crippen molar-refractivity contribution in [1.29, 1.82) is 0 Å². The number of rotatable bonds is 7. The molecule has 1 rings (SSSR count). The van der Waals surface area contributed by atoms with Gasteiger partial charge in [-0.2, -0.15) is 5.10 Å². The monoisotopic (exact) mass is 241 g/mol. The maximum atomic E-state index is 5.46. The zero-order valence-corrected chi connectivity index (χ0v) is 11.4. The molecule has 17 heavy (non-hydrogen) atoms. The summed E-state index contributed by atoms with van der Waals surface area (Å²) in [6.07, 6.45) is 0.284. The van der Waals surface area contributed by atoms with Gasteiger partial charge in [-0.3, -0.25) is 0 Å². The second-order valence-electron chi connectivity index (χ2n) is 4.29. The zero-order valence-electron chi connectivity index (χ0n) is 11.4. The molecule has 0 saturated carbocycles. The van der Waals surface area contributed by atoms with Crippen molar-refractivity contribution in [3.05, 3.63) is 11.3 Å². The van der Waals surface area contributed by atoms with Crippen molar-refractivity contribution >= 4 is 0 Å². The second-order valence-corrected chi connectivity index (χ2v) is 4.29. The average molecular weight is 241 g/mol. The molecule has 0 aromatic carbocycles. The molecular formula is C12H23N3O2. The van der Waals surface area contributed by atoms with Crippen LogP contribution in [0.1, 0.15) is 25.1 Å². The molecule has 5 nitrogen and oxygen atoms in total. The summed E-state index contributed by atoms with van der Waals surface area (Å²) in [4.78, 5) is 0. The van der Waals surface area contributed by atoms with E-state index in [-0.39, 0.29) is 6.10 Å². The van der Waals surface area contributed by atoms with Crippen LogP contribution in [0.4, 0.5) is 0 Å². The van der Waals surface area contributed by atoms with Gasteiger partial charge in [-0.05, 0) is 20.8 Å². The third-order valence-electron chi connectivity index (χ3n) is 2.51. The molecule has 0 amide bonds. The van der Waals surface area contributed by atoms with Gasteiger partial charge in [-0.25, -0.2) is 4.68 Å². The molecule has 0 fully saturated rings. The first kappa shape index (κ1) is 14.0. The Kier molecular flexibility index (Phi) is 5.44. The van der Waals surface area contributed by atoms with Crippen LogP contribution in [0.2, 0.25) is 0 Å². The highest BCUT2D eigenvalue weighted by molar-refractivity contribution is 5.30. The predicted octanol–water partition coefficient (Wildman–Crippen LogP) is 1.25. The van der Waals surface area contributed by atoms with Crippen molar-refractivity contribution in [2.75, 3.05) is 20.3 Å². The molecule has 1 heterocycles. The summed E-state index contributed by atoms with van der Waals surface area (Å²) in [5.41, 5.74) is 2.11. The van der Waals surface area contributed by atoms with Gasteiger partial charge in [0.1, 0.15) is 0 Å². The molecule has 0 unspecified atom stereocenters. The molecule has 98 valence electrons. The maximum absolute atomic E-state index is 5.46. The van der Waals surface area contributed by atoms with E-state index in [0.717, 1.165) is 36.8 Å². The van der Waals surface area contributed by atoms with Crippen molar-refractivity contribution in [1.82, 2.24) is 15.1 Å². The summed E-state index contributed by atoms with van der Waals surface area (Å²) in [6, 6.07) is 0. The Morgan fingerprint density at radius 2 is 2.12 bits per heavy atom. The molecule has 0 saturated heterocycles. The molecule has 1 aromatic rings. The minimum absolute atomic E-state index is 0.284. The molecule has 0 radical (unpaired) electrons. The van der Waals surface area contributed by atoms with Crippen LogP contribution in [0.25, 0.3) is 0 Å². The Balaban J connectivity index is 2.41. The lowest BCUT2D eigenvalue weighted by Crippen LogP contribution is -2.21. The van der Waals surface area contributed by atoms with Gasteiger partial charge < -0.3 is 14.8 Å². The lowest BCUT2D eigenvalue weighted by atomic mass is 10.2. The highest BCUT2D eigenvalue weighted by Gasteiger charge is 2.12. The molecule has 0 spiro atoms. The molecule has 0 aliphatic carbocycles. The normalized spacial score (nSPS) is 11.2. The topological polar surface area (TPSA) is 48.3 Å². The second kappa shape index (κ2) is 6.61. The molecule has 5 heteroatoms. The van der Waals surface area contributed by atoms with Gasteiger partial charge in [0.2, 0.25) is 5.88 Å². The van der Waals surface area contributed by atoms with E-state index in [1.165, 1.54) is 0 Å². The summed E-state index contributed by atoms with van der Waals surface area (Å²) < 4.78 is 12.5. The van der Waals surface area contributed by atoms with E-state index >= 15 is 0 Å². The average Bonchev–Trinajstić information content (AvgIpc) is 2.52. The Bertz CT molecular complexity index is 348. The summed E-state index contributed by atoms with van der Waals surface area (Å²) in [5, 5.41) is 7.66. The Hall–Kier alpha value is -1.07. The van der Waals surface area contributed by atoms with Crippen LogP contribution in [0, 0.1) is 6.92 Å². The Labute approximate surface area is 103 Å². The first-order valence-electron chi connectivity index (χ1n) is 5.95. The molecule has 0 bridgehead atoms. The third-order valence-corrected chi connectivity index (χ3v) is 2.51. The van der Waals surface area contributed by atoms with Crippen molar-refractivity contribution in [3.8, 4) is 5.88 Å². The number of aryl methyl sites for hydroxylation is 2. The van der Waals surface area contributed by atoms with E-state index in [0.29, 0.717) is 0 Å². The van der Waals surface area contributed by atoms with Crippen LogP contribution in [0.15, 0.2) is 0 Å². The summed E-state index contributed by atoms with van der Waals surface area (Å²) >= 11 is 0. The van der Waals surface area contributed by atoms with E-state index in [4.69, 9.17) is 9.47 Å². The van der Waals surface area contributed by atoms with Crippen molar-refractivity contribution < 1.29 is 9.47 Å². The predicted molar refractivity (Wildman–Crippen MR) is 67.3 cm³/mol. The van der Waals surface area contributed by atoms with Gasteiger partial charge in [0.15, 0.2) is 0 Å². The highest BCUT2D eigenvalue weighted by Crippen LogP contribution is 2.20. The van der Waals surface area contributed by atoms with Gasteiger partial charge in [-0.15, -0.1) is 0 Å². The lowest BCUT2D eigenvalue weighted by molar-refractivity contribution is 0.0806. The number of hydrogen-bond donors (Lipinski definition) is 1. The number of ether oxygens (including phenoxy) is 2. The fourth-order valence-electron chi connectivity index (χ4n) is 1.72. The van der Waals surface area contributed by atoms with Crippen LogP contribution in [0.3, 0.4) is 0 Å². The lowest BCUT2D eigenvalue weighted by Gasteiger charge is -2.09. The third kappa shape index (κ3) is 4.02. The fraction of sp³-hybridized carbons (Fsp3) is 0.750. The first-order chi connectivity index (χ1) is 8.06. The smallest absolute Gasteiger partial charge is 0.216 e. The highest BCUT2D eigenvalue weighted by atomic mass is 16.5. The maximum Gasteiger partial charge on any atom is 0.216 e. The number of hydrogen-bond acceptors (Lipinski definition) is 4. The number of aromatic nitrogens is 2. The zero-order chi connectivity index (χ0) is 12.8. The number of methoxy groups -OCH3 is 1. The van der Waals surface area contributed by atoms with Gasteiger partial charge >= 0.3 is 0 Å². The van der Waals surface area contributed by atoms with E-state index in [1.807, 2.05) is 27.8 Å². The van der Waals surface area contributed by atoms with Crippen molar-refractivity contribution in [3.63, 3.8) is 0 Å². The molecular weight excluding hydrogens is 218 g/mol. The largest absolute Gasteiger partial charge is 0.481 e. The quantitative estimate of drug-likeness (QED) is 0.730. The van der Waals surface area contributed by atoms with Crippen LogP contribution < -0.4 is 10.1 Å². The van der Waals surface area contributed by atoms with E-state index in [9.17, 15) is 0 Å². The fourth-order valence-corrected chi connectivity index (χ4v) is 1.72. The van der Waals surface area contributed by atoms with Crippen molar-refractivity contribution in [2.24, 2.45) is 7.05 Å². The Morgan fingerprint density at radius 1 is 1.41 bits per heavy atom. The van der Waals surface area contributed by atoms with Crippen molar-refractivity contribution in [2.45, 2.75) is 33.4 Å². The minimum Gasteiger partial charge on any atom is -0.481 e. The molecule has 1 aromatic heterocycles. The van der Waals surface area contributed by atoms with E-state index in [1.54, 1.807) is 11.8 Å². The van der Waals surface area contributed by atoms with Gasteiger partial charge in [0.05, 0.1) is 31.1 Å². The summed E-state index contributed by atoms with van der Waals surface area (Å²) in [5.74, 6) is 0.819. The minimum atomic E-state index is 0.284. The molecule has 0 aliphatic heterocycles. The summed E-state index contributed by atoms with van der Waals surface area (Å²) in [6.45, 7) is 8.37. The SMILES string of the molecule is COc1c(CNCCOC(C)C)c(C)nn1C. The van der Waals surface area contributed by atoms with Crippen LogP contribution in [-0.2, 0) is 18.3 Å². The molecule has 0 aliphatic rings.